The zero-order chi connectivity index (χ0) is 14.1. The van der Waals surface area contributed by atoms with Crippen molar-refractivity contribution in [1.29, 1.82) is 0 Å². The molecule has 0 fully saturated rings. The lowest BCUT2D eigenvalue weighted by Gasteiger charge is -2.08. The van der Waals surface area contributed by atoms with Crippen LogP contribution >= 0.6 is 0 Å². The summed E-state index contributed by atoms with van der Waals surface area (Å²) in [4.78, 5) is 12.4. The van der Waals surface area contributed by atoms with Gasteiger partial charge in [-0.15, -0.1) is 0 Å². The largest absolute Gasteiger partial charge is 0.392 e. The topological polar surface area (TPSA) is 42.2 Å². The van der Waals surface area contributed by atoms with Gasteiger partial charge in [-0.1, -0.05) is 6.07 Å². The van der Waals surface area contributed by atoms with Crippen molar-refractivity contribution in [2.75, 3.05) is 0 Å². The number of aliphatic hydroxyl groups excluding tert-OH is 1. The SMILES string of the molecule is O=c1c2ccc(CO)cc2ccn1-c1ccc(F)cc1. The summed E-state index contributed by atoms with van der Waals surface area (Å²) in [6, 6.07) is 12.8. The second-order valence-electron chi connectivity index (χ2n) is 4.55. The van der Waals surface area contributed by atoms with Crippen molar-refractivity contribution in [3.05, 3.63) is 76.5 Å². The maximum atomic E-state index is 12.9. The molecular formula is C16H12FNO2. The fourth-order valence-corrected chi connectivity index (χ4v) is 2.20. The van der Waals surface area contributed by atoms with E-state index < -0.39 is 0 Å². The summed E-state index contributed by atoms with van der Waals surface area (Å²) in [6.45, 7) is -0.0585. The highest BCUT2D eigenvalue weighted by Gasteiger charge is 2.05. The molecule has 0 bridgehead atoms. The number of rotatable bonds is 2. The molecule has 0 saturated carbocycles. The van der Waals surface area contributed by atoms with E-state index in [0.29, 0.717) is 11.1 Å². The zero-order valence-corrected chi connectivity index (χ0v) is 10.6. The Morgan fingerprint density at radius 2 is 1.80 bits per heavy atom. The number of nitrogens with zero attached hydrogens (tertiary/aromatic N) is 1. The fourth-order valence-electron chi connectivity index (χ4n) is 2.20. The number of aromatic nitrogens is 1. The average molecular weight is 269 g/mol. The molecule has 3 aromatic rings. The second kappa shape index (κ2) is 4.90. The summed E-state index contributed by atoms with van der Waals surface area (Å²) in [5.41, 5.74) is 1.21. The number of pyridine rings is 1. The lowest BCUT2D eigenvalue weighted by atomic mass is 10.1. The lowest BCUT2D eigenvalue weighted by Crippen LogP contribution is -2.17. The molecular weight excluding hydrogens is 257 g/mol. The molecule has 4 heteroatoms. The van der Waals surface area contributed by atoms with E-state index in [2.05, 4.69) is 0 Å². The van der Waals surface area contributed by atoms with Crippen molar-refractivity contribution in [3.63, 3.8) is 0 Å². The summed E-state index contributed by atoms with van der Waals surface area (Å²) in [6.07, 6.45) is 1.65. The maximum Gasteiger partial charge on any atom is 0.262 e. The number of benzene rings is 2. The van der Waals surface area contributed by atoms with Crippen LogP contribution in [-0.2, 0) is 6.61 Å². The van der Waals surface area contributed by atoms with Gasteiger partial charge in [0.05, 0.1) is 6.61 Å². The van der Waals surface area contributed by atoms with Gasteiger partial charge in [-0.05, 0) is 53.4 Å². The highest BCUT2D eigenvalue weighted by molar-refractivity contribution is 5.82. The Balaban J connectivity index is 2.21. The molecule has 0 aliphatic heterocycles. The summed E-state index contributed by atoms with van der Waals surface area (Å²) >= 11 is 0. The first-order valence-electron chi connectivity index (χ1n) is 6.20. The Morgan fingerprint density at radius 1 is 1.05 bits per heavy atom. The van der Waals surface area contributed by atoms with Crippen LogP contribution in [0.2, 0.25) is 0 Å². The molecule has 0 radical (unpaired) electrons. The van der Waals surface area contributed by atoms with Crippen LogP contribution < -0.4 is 5.56 Å². The third-order valence-electron chi connectivity index (χ3n) is 3.26. The summed E-state index contributed by atoms with van der Waals surface area (Å²) in [7, 11) is 0. The van der Waals surface area contributed by atoms with Gasteiger partial charge in [0, 0.05) is 17.3 Å². The van der Waals surface area contributed by atoms with Gasteiger partial charge in [0.1, 0.15) is 5.82 Å². The van der Waals surface area contributed by atoms with Gasteiger partial charge in [-0.3, -0.25) is 9.36 Å². The Bertz CT molecular complexity index is 822. The minimum atomic E-state index is -0.338. The van der Waals surface area contributed by atoms with Crippen molar-refractivity contribution in [3.8, 4) is 5.69 Å². The average Bonchev–Trinajstić information content (AvgIpc) is 2.48. The van der Waals surface area contributed by atoms with E-state index in [-0.39, 0.29) is 18.0 Å². The molecule has 0 amide bonds. The molecule has 1 N–H and O–H groups in total. The van der Waals surface area contributed by atoms with E-state index in [4.69, 9.17) is 5.11 Å². The fraction of sp³-hybridized carbons (Fsp3) is 0.0625. The van der Waals surface area contributed by atoms with E-state index in [1.807, 2.05) is 0 Å². The summed E-state index contributed by atoms with van der Waals surface area (Å²) in [5, 5.41) is 10.4. The molecule has 100 valence electrons. The Hall–Kier alpha value is -2.46. The van der Waals surface area contributed by atoms with E-state index in [0.717, 1.165) is 10.9 Å². The Kier molecular flexibility index (Phi) is 3.08. The van der Waals surface area contributed by atoms with Crippen LogP contribution in [0.5, 0.6) is 0 Å². The third kappa shape index (κ3) is 2.10. The van der Waals surface area contributed by atoms with E-state index in [9.17, 15) is 9.18 Å². The molecule has 0 unspecified atom stereocenters. The van der Waals surface area contributed by atoms with Gasteiger partial charge >= 0.3 is 0 Å². The van der Waals surface area contributed by atoms with Gasteiger partial charge in [0.25, 0.3) is 5.56 Å². The normalized spacial score (nSPS) is 10.9. The van der Waals surface area contributed by atoms with Crippen LogP contribution in [0, 0.1) is 5.82 Å². The first-order valence-corrected chi connectivity index (χ1v) is 6.20. The predicted octanol–water partition coefficient (Wildman–Crippen LogP) is 2.62. The number of aliphatic hydroxyl groups is 1. The summed E-state index contributed by atoms with van der Waals surface area (Å²) in [5.74, 6) is -0.338. The molecule has 20 heavy (non-hydrogen) atoms. The van der Waals surface area contributed by atoms with Gasteiger partial charge < -0.3 is 5.11 Å². The maximum absolute atomic E-state index is 12.9. The van der Waals surface area contributed by atoms with Crippen LogP contribution in [0.3, 0.4) is 0 Å². The van der Waals surface area contributed by atoms with Crippen LogP contribution in [0.15, 0.2) is 59.5 Å². The molecule has 3 rings (SSSR count). The monoisotopic (exact) mass is 269 g/mol. The predicted molar refractivity (Wildman–Crippen MR) is 75.4 cm³/mol. The van der Waals surface area contributed by atoms with Crippen LogP contribution in [0.1, 0.15) is 5.56 Å². The molecule has 0 saturated heterocycles. The molecule has 1 heterocycles. The van der Waals surface area contributed by atoms with Crippen LogP contribution in [0.4, 0.5) is 4.39 Å². The highest BCUT2D eigenvalue weighted by atomic mass is 19.1. The van der Waals surface area contributed by atoms with Gasteiger partial charge in [-0.2, -0.15) is 0 Å². The van der Waals surface area contributed by atoms with Crippen LogP contribution in [0.25, 0.3) is 16.5 Å². The molecule has 0 spiro atoms. The van der Waals surface area contributed by atoms with Crippen molar-refractivity contribution in [1.82, 2.24) is 4.57 Å². The number of halogens is 1. The lowest BCUT2D eigenvalue weighted by molar-refractivity contribution is 0.282. The molecule has 3 nitrogen and oxygen atoms in total. The smallest absolute Gasteiger partial charge is 0.262 e. The molecule has 2 aromatic carbocycles. The van der Waals surface area contributed by atoms with Crippen molar-refractivity contribution in [2.45, 2.75) is 6.61 Å². The van der Waals surface area contributed by atoms with E-state index >= 15 is 0 Å². The Labute approximate surface area is 114 Å². The standard InChI is InChI=1S/C16H12FNO2/c17-13-2-4-14(5-3-13)18-8-7-12-9-11(10-19)1-6-15(12)16(18)20/h1-9,19H,10H2. The molecule has 0 atom stereocenters. The first kappa shape index (κ1) is 12.6. The highest BCUT2D eigenvalue weighted by Crippen LogP contribution is 2.14. The molecule has 0 aliphatic carbocycles. The second-order valence-corrected chi connectivity index (χ2v) is 4.55. The minimum absolute atomic E-state index is 0.0585. The number of fused-ring (bicyclic) bond motifs is 1. The minimum Gasteiger partial charge on any atom is -0.392 e. The van der Waals surface area contributed by atoms with Gasteiger partial charge in [-0.25, -0.2) is 4.39 Å². The summed E-state index contributed by atoms with van der Waals surface area (Å²) < 4.78 is 14.4. The van der Waals surface area contributed by atoms with Gasteiger partial charge in [0.2, 0.25) is 0 Å². The van der Waals surface area contributed by atoms with Crippen LogP contribution in [-0.4, -0.2) is 9.67 Å². The zero-order valence-electron chi connectivity index (χ0n) is 10.6. The van der Waals surface area contributed by atoms with Crippen molar-refractivity contribution in [2.24, 2.45) is 0 Å². The molecule has 1 aromatic heterocycles. The number of hydrogen-bond donors (Lipinski definition) is 1. The van der Waals surface area contributed by atoms with Crippen molar-refractivity contribution < 1.29 is 9.50 Å². The van der Waals surface area contributed by atoms with Gasteiger partial charge in [0.15, 0.2) is 0 Å². The first-order chi connectivity index (χ1) is 9.69. The van der Waals surface area contributed by atoms with E-state index in [1.54, 1.807) is 42.6 Å². The quantitative estimate of drug-likeness (QED) is 0.777. The Morgan fingerprint density at radius 3 is 2.50 bits per heavy atom. The number of hydrogen-bond acceptors (Lipinski definition) is 2. The third-order valence-corrected chi connectivity index (χ3v) is 3.26. The van der Waals surface area contributed by atoms with Crippen molar-refractivity contribution >= 4 is 10.8 Å². The van der Waals surface area contributed by atoms with E-state index in [1.165, 1.54) is 16.7 Å². The molecule has 0 aliphatic rings.